The molecule has 0 spiro atoms. The van der Waals surface area contributed by atoms with Gasteiger partial charge in [0.05, 0.1) is 10.6 Å². The molecule has 1 unspecified atom stereocenters. The molecule has 0 aliphatic rings. The summed E-state index contributed by atoms with van der Waals surface area (Å²) in [6.07, 6.45) is -2.53. The van der Waals surface area contributed by atoms with Crippen molar-refractivity contribution in [1.29, 1.82) is 0 Å². The van der Waals surface area contributed by atoms with Crippen molar-refractivity contribution in [3.05, 3.63) is 16.1 Å². The van der Waals surface area contributed by atoms with E-state index in [4.69, 9.17) is 0 Å². The van der Waals surface area contributed by atoms with Gasteiger partial charge in [-0.1, -0.05) is 13.8 Å². The lowest BCUT2D eigenvalue weighted by Crippen LogP contribution is -2.04. The molecule has 1 rings (SSSR count). The molecule has 0 aromatic carbocycles. The van der Waals surface area contributed by atoms with E-state index >= 15 is 0 Å². The van der Waals surface area contributed by atoms with Gasteiger partial charge < -0.3 is 0 Å². The highest BCUT2D eigenvalue weighted by Crippen LogP contribution is 2.32. The predicted octanol–water partition coefficient (Wildman–Crippen LogP) is 3.88. The van der Waals surface area contributed by atoms with Gasteiger partial charge in [-0.2, -0.15) is 24.9 Å². The van der Waals surface area contributed by atoms with Crippen molar-refractivity contribution in [2.75, 3.05) is 5.75 Å². The smallest absolute Gasteiger partial charge is 0.292 e. The quantitative estimate of drug-likeness (QED) is 0.768. The molecule has 7 heteroatoms. The Balaban J connectivity index is 2.61. The molecule has 0 fully saturated rings. The zero-order chi connectivity index (χ0) is 13.1. The van der Waals surface area contributed by atoms with Gasteiger partial charge in [0.2, 0.25) is 0 Å². The molecule has 1 atom stereocenters. The van der Waals surface area contributed by atoms with Gasteiger partial charge in [0.1, 0.15) is 0 Å². The number of Topliss-reactive ketones (excluding diaryl/α,β-unsaturated/α-hetero) is 1. The Labute approximate surface area is 106 Å². The lowest BCUT2D eigenvalue weighted by atomic mass is 10.4. The first kappa shape index (κ1) is 14.5. The molecular weight excluding hydrogens is 271 g/mol. The van der Waals surface area contributed by atoms with E-state index in [-0.39, 0.29) is 16.4 Å². The molecule has 1 heterocycles. The van der Waals surface area contributed by atoms with Crippen LogP contribution in [0.3, 0.4) is 0 Å². The van der Waals surface area contributed by atoms with Crippen molar-refractivity contribution >= 4 is 28.9 Å². The van der Waals surface area contributed by atoms with E-state index < -0.39 is 11.2 Å². The highest BCUT2D eigenvalue weighted by molar-refractivity contribution is 8.00. The zero-order valence-corrected chi connectivity index (χ0v) is 11.0. The number of halogens is 3. The summed E-state index contributed by atoms with van der Waals surface area (Å²) in [7, 11) is 0. The molecular formula is C10H12F3NOS2. The second-order valence-electron chi connectivity index (χ2n) is 3.48. The number of thioether (sulfide) groups is 1. The number of ketones is 1. The predicted molar refractivity (Wildman–Crippen MR) is 63.7 cm³/mol. The Morgan fingerprint density at radius 2 is 2.24 bits per heavy atom. The molecule has 17 heavy (non-hydrogen) atoms. The molecule has 0 amide bonds. The first-order chi connectivity index (χ1) is 7.84. The van der Waals surface area contributed by atoms with E-state index in [1.165, 1.54) is 11.8 Å². The van der Waals surface area contributed by atoms with Crippen LogP contribution in [0, 0.1) is 0 Å². The van der Waals surface area contributed by atoms with Gasteiger partial charge in [-0.25, -0.2) is 4.98 Å². The third-order valence-corrected chi connectivity index (χ3v) is 4.51. The molecule has 0 N–H and O–H groups in total. The van der Waals surface area contributed by atoms with E-state index in [1.54, 1.807) is 0 Å². The maximum atomic E-state index is 12.3. The van der Waals surface area contributed by atoms with Gasteiger partial charge in [-0.3, -0.25) is 4.79 Å². The van der Waals surface area contributed by atoms with Crippen LogP contribution in [0.4, 0.5) is 13.2 Å². The number of nitrogens with zero attached hydrogens (tertiary/aromatic N) is 1. The summed E-state index contributed by atoms with van der Waals surface area (Å²) in [6.45, 7) is 3.97. The lowest BCUT2D eigenvalue weighted by molar-refractivity contribution is -0.137. The van der Waals surface area contributed by atoms with Gasteiger partial charge in [0.15, 0.2) is 10.8 Å². The molecule has 0 saturated heterocycles. The fraction of sp³-hybridized carbons (Fsp3) is 0.600. The molecule has 0 saturated carbocycles. The van der Waals surface area contributed by atoms with Crippen LogP contribution in [-0.2, 0) is 6.18 Å². The molecule has 1 aromatic heterocycles. The van der Waals surface area contributed by atoms with Crippen LogP contribution >= 0.6 is 23.1 Å². The second-order valence-corrected chi connectivity index (χ2v) is 5.94. The molecule has 2 nitrogen and oxygen atoms in total. The average Bonchev–Trinajstić information content (AvgIpc) is 2.74. The minimum absolute atomic E-state index is 0.0770. The van der Waals surface area contributed by atoms with Crippen molar-refractivity contribution in [2.24, 2.45) is 0 Å². The summed E-state index contributed by atoms with van der Waals surface area (Å²) in [6, 6.07) is 0. The fourth-order valence-corrected chi connectivity index (χ4v) is 2.58. The summed E-state index contributed by atoms with van der Waals surface area (Å²) in [5, 5.41) is -0.636. The largest absolute Gasteiger partial charge is 0.443 e. The molecule has 0 bridgehead atoms. The first-order valence-electron chi connectivity index (χ1n) is 5.02. The standard InChI is InChI=1S/C10H12F3NOS2/c1-3-6(2)16-5-7(15)8-4-14-9(17-8)10(11,12)13/h4,6H,3,5H2,1-2H3. The van der Waals surface area contributed by atoms with Crippen LogP contribution < -0.4 is 0 Å². The Kier molecular flexibility index (Phi) is 5.00. The zero-order valence-electron chi connectivity index (χ0n) is 9.37. The number of alkyl halides is 3. The molecule has 96 valence electrons. The summed E-state index contributed by atoms with van der Waals surface area (Å²) >= 11 is 1.85. The van der Waals surface area contributed by atoms with Crippen molar-refractivity contribution < 1.29 is 18.0 Å². The minimum atomic E-state index is -4.47. The average molecular weight is 283 g/mol. The number of rotatable bonds is 5. The number of hydrogen-bond acceptors (Lipinski definition) is 4. The third kappa shape index (κ3) is 4.31. The first-order valence-corrected chi connectivity index (χ1v) is 6.89. The van der Waals surface area contributed by atoms with E-state index in [1.807, 2.05) is 13.8 Å². The summed E-state index contributed by atoms with van der Waals surface area (Å²) in [5.41, 5.74) is 0. The Morgan fingerprint density at radius 3 is 2.71 bits per heavy atom. The number of carbonyl (C=O) groups is 1. The number of aromatic nitrogens is 1. The van der Waals surface area contributed by atoms with E-state index in [2.05, 4.69) is 4.98 Å². The molecule has 1 aromatic rings. The Morgan fingerprint density at radius 1 is 1.59 bits per heavy atom. The number of thiazole rings is 1. The second kappa shape index (κ2) is 5.86. The van der Waals surface area contributed by atoms with Gasteiger partial charge in [0.25, 0.3) is 0 Å². The summed E-state index contributed by atoms with van der Waals surface area (Å²) in [5.74, 6) is -0.0857. The lowest BCUT2D eigenvalue weighted by Gasteiger charge is -2.05. The number of hydrogen-bond donors (Lipinski definition) is 0. The maximum absolute atomic E-state index is 12.3. The van der Waals surface area contributed by atoms with E-state index in [9.17, 15) is 18.0 Å². The van der Waals surface area contributed by atoms with Crippen LogP contribution in [0.15, 0.2) is 6.20 Å². The van der Waals surface area contributed by atoms with Crippen molar-refractivity contribution in [2.45, 2.75) is 31.7 Å². The van der Waals surface area contributed by atoms with Crippen molar-refractivity contribution in [3.8, 4) is 0 Å². The van der Waals surface area contributed by atoms with Crippen LogP contribution in [0.2, 0.25) is 0 Å². The van der Waals surface area contributed by atoms with Crippen molar-refractivity contribution in [3.63, 3.8) is 0 Å². The Hall–Kier alpha value is -0.560. The Bertz CT molecular complexity index is 389. The highest BCUT2D eigenvalue weighted by atomic mass is 32.2. The topological polar surface area (TPSA) is 30.0 Å². The van der Waals surface area contributed by atoms with Crippen LogP contribution in [0.5, 0.6) is 0 Å². The van der Waals surface area contributed by atoms with E-state index in [0.29, 0.717) is 16.6 Å². The van der Waals surface area contributed by atoms with Crippen molar-refractivity contribution in [1.82, 2.24) is 4.98 Å². The number of carbonyl (C=O) groups excluding carboxylic acids is 1. The molecule has 0 radical (unpaired) electrons. The highest BCUT2D eigenvalue weighted by Gasteiger charge is 2.35. The van der Waals surface area contributed by atoms with Gasteiger partial charge in [0, 0.05) is 11.4 Å². The summed E-state index contributed by atoms with van der Waals surface area (Å²) in [4.78, 5) is 14.9. The third-order valence-electron chi connectivity index (χ3n) is 2.10. The molecule has 0 aliphatic carbocycles. The van der Waals surface area contributed by atoms with Gasteiger partial charge >= 0.3 is 6.18 Å². The maximum Gasteiger partial charge on any atom is 0.443 e. The molecule has 0 aliphatic heterocycles. The van der Waals surface area contributed by atoms with Crippen LogP contribution in [0.25, 0.3) is 0 Å². The van der Waals surface area contributed by atoms with E-state index in [0.717, 1.165) is 12.6 Å². The van der Waals surface area contributed by atoms with Crippen LogP contribution in [0.1, 0.15) is 34.9 Å². The monoisotopic (exact) mass is 283 g/mol. The van der Waals surface area contributed by atoms with Gasteiger partial charge in [-0.15, -0.1) is 11.3 Å². The SMILES string of the molecule is CCC(C)SCC(=O)c1cnc(C(F)(F)F)s1. The normalized spacial score (nSPS) is 13.7. The van der Waals surface area contributed by atoms with Gasteiger partial charge in [-0.05, 0) is 6.42 Å². The van der Waals surface area contributed by atoms with Crippen LogP contribution in [-0.4, -0.2) is 21.8 Å². The summed E-state index contributed by atoms with van der Waals surface area (Å²) < 4.78 is 36.8. The minimum Gasteiger partial charge on any atom is -0.292 e. The fourth-order valence-electron chi connectivity index (χ4n) is 0.941.